The van der Waals surface area contributed by atoms with Crippen LogP contribution in [0.25, 0.3) is 11.1 Å². The molecular formula is C27H20O4. The first kappa shape index (κ1) is 20.1. The van der Waals surface area contributed by atoms with Crippen molar-refractivity contribution in [3.05, 3.63) is 120 Å². The summed E-state index contributed by atoms with van der Waals surface area (Å²) in [5.41, 5.74) is 3.56. The molecule has 0 aliphatic carbocycles. The molecule has 0 N–H and O–H groups in total. The minimum absolute atomic E-state index is 0.342. The molecule has 0 atom stereocenters. The van der Waals surface area contributed by atoms with Crippen molar-refractivity contribution in [1.82, 2.24) is 0 Å². The normalized spacial score (nSPS) is 10.4. The van der Waals surface area contributed by atoms with E-state index >= 15 is 0 Å². The van der Waals surface area contributed by atoms with E-state index in [2.05, 4.69) is 0 Å². The fraction of sp³-hybridized carbons (Fsp3) is 0.0370. The molecule has 0 heterocycles. The average molecular weight is 408 g/mol. The number of hydrogen-bond donors (Lipinski definition) is 0. The van der Waals surface area contributed by atoms with Crippen LogP contribution in [0.5, 0.6) is 11.5 Å². The Kier molecular flexibility index (Phi) is 5.90. The van der Waals surface area contributed by atoms with Crippen molar-refractivity contribution in [2.24, 2.45) is 0 Å². The van der Waals surface area contributed by atoms with Gasteiger partial charge in [0.05, 0.1) is 11.1 Å². The average Bonchev–Trinajstić information content (AvgIpc) is 2.81. The monoisotopic (exact) mass is 408 g/mol. The summed E-state index contributed by atoms with van der Waals surface area (Å²) in [6.07, 6.45) is 0. The molecule has 0 aliphatic rings. The third-order valence-corrected chi connectivity index (χ3v) is 4.76. The molecule has 0 unspecified atom stereocenters. The summed E-state index contributed by atoms with van der Waals surface area (Å²) < 4.78 is 11.0. The lowest BCUT2D eigenvalue weighted by atomic mass is 10.0. The molecule has 0 spiro atoms. The van der Waals surface area contributed by atoms with E-state index in [0.29, 0.717) is 22.6 Å². The zero-order valence-electron chi connectivity index (χ0n) is 16.9. The van der Waals surface area contributed by atoms with Crippen molar-refractivity contribution in [2.75, 3.05) is 0 Å². The lowest BCUT2D eigenvalue weighted by molar-refractivity contribution is 0.0721. The number of aryl methyl sites for hydroxylation is 1. The van der Waals surface area contributed by atoms with E-state index < -0.39 is 11.9 Å². The lowest BCUT2D eigenvalue weighted by Crippen LogP contribution is -2.11. The number of carbonyl (C=O) groups excluding carboxylic acids is 2. The van der Waals surface area contributed by atoms with Gasteiger partial charge in [-0.3, -0.25) is 0 Å². The van der Waals surface area contributed by atoms with Crippen molar-refractivity contribution in [2.45, 2.75) is 6.92 Å². The van der Waals surface area contributed by atoms with E-state index in [9.17, 15) is 9.59 Å². The molecule has 0 radical (unpaired) electrons. The maximum absolute atomic E-state index is 12.7. The van der Waals surface area contributed by atoms with Crippen molar-refractivity contribution >= 4 is 11.9 Å². The maximum atomic E-state index is 12.7. The zero-order chi connectivity index (χ0) is 21.6. The van der Waals surface area contributed by atoms with Gasteiger partial charge in [0.2, 0.25) is 0 Å². The van der Waals surface area contributed by atoms with Gasteiger partial charge in [-0.2, -0.15) is 0 Å². The first-order chi connectivity index (χ1) is 15.1. The summed E-state index contributed by atoms with van der Waals surface area (Å²) in [5, 5.41) is 0. The van der Waals surface area contributed by atoms with Crippen molar-refractivity contribution in [3.8, 4) is 22.6 Å². The number of esters is 2. The van der Waals surface area contributed by atoms with E-state index in [0.717, 1.165) is 16.7 Å². The van der Waals surface area contributed by atoms with Gasteiger partial charge in [0.1, 0.15) is 11.5 Å². The van der Waals surface area contributed by atoms with E-state index in [4.69, 9.17) is 9.47 Å². The molecule has 4 aromatic carbocycles. The van der Waals surface area contributed by atoms with Crippen LogP contribution in [0.15, 0.2) is 103 Å². The van der Waals surface area contributed by atoms with Crippen LogP contribution in [-0.4, -0.2) is 11.9 Å². The molecule has 4 heteroatoms. The van der Waals surface area contributed by atoms with Crippen LogP contribution < -0.4 is 9.47 Å². The van der Waals surface area contributed by atoms with Gasteiger partial charge in [-0.1, -0.05) is 66.2 Å². The number of rotatable bonds is 5. The Morgan fingerprint density at radius 1 is 0.581 bits per heavy atom. The van der Waals surface area contributed by atoms with Gasteiger partial charge in [-0.15, -0.1) is 0 Å². The van der Waals surface area contributed by atoms with Crippen LogP contribution in [0.3, 0.4) is 0 Å². The number of hydrogen-bond acceptors (Lipinski definition) is 4. The standard InChI is InChI=1S/C27H20O4/c1-19-11-17-23(18-12-19)30-26(28)21-13-15-22(16-14-21)27(29)31-25-10-6-5-9-24(25)20-7-3-2-4-8-20/h2-18H,1H3. The highest BCUT2D eigenvalue weighted by Crippen LogP contribution is 2.30. The maximum Gasteiger partial charge on any atom is 0.343 e. The molecule has 152 valence electrons. The number of carbonyl (C=O) groups is 2. The highest BCUT2D eigenvalue weighted by molar-refractivity contribution is 5.95. The third-order valence-electron chi connectivity index (χ3n) is 4.76. The number of ether oxygens (including phenoxy) is 2. The summed E-state index contributed by atoms with van der Waals surface area (Å²) >= 11 is 0. The van der Waals surface area contributed by atoms with E-state index in [1.165, 1.54) is 0 Å². The highest BCUT2D eigenvalue weighted by atomic mass is 16.5. The van der Waals surface area contributed by atoms with Crippen LogP contribution in [-0.2, 0) is 0 Å². The van der Waals surface area contributed by atoms with E-state index in [1.807, 2.05) is 67.6 Å². The minimum atomic E-state index is -0.498. The molecule has 0 fully saturated rings. The molecule has 4 nitrogen and oxygen atoms in total. The Bertz CT molecular complexity index is 1190. The molecule has 4 rings (SSSR count). The van der Waals surface area contributed by atoms with E-state index in [-0.39, 0.29) is 0 Å². The zero-order valence-corrected chi connectivity index (χ0v) is 16.9. The van der Waals surface area contributed by atoms with Crippen LogP contribution in [0.4, 0.5) is 0 Å². The molecular weight excluding hydrogens is 388 g/mol. The third kappa shape index (κ3) is 4.87. The molecule has 0 saturated heterocycles. The smallest absolute Gasteiger partial charge is 0.343 e. The van der Waals surface area contributed by atoms with Crippen LogP contribution in [0.1, 0.15) is 26.3 Å². The summed E-state index contributed by atoms with van der Waals surface area (Å²) in [5.74, 6) is -0.0433. The summed E-state index contributed by atoms with van der Waals surface area (Å²) in [4.78, 5) is 25.0. The Balaban J connectivity index is 1.47. The molecule has 0 aromatic heterocycles. The topological polar surface area (TPSA) is 52.6 Å². The SMILES string of the molecule is Cc1ccc(OC(=O)c2ccc(C(=O)Oc3ccccc3-c3ccccc3)cc2)cc1. The fourth-order valence-corrected chi connectivity index (χ4v) is 3.09. The van der Waals surface area contributed by atoms with E-state index in [1.54, 1.807) is 42.5 Å². The van der Waals surface area contributed by atoms with Gasteiger partial charge in [0, 0.05) is 5.56 Å². The van der Waals surface area contributed by atoms with Crippen molar-refractivity contribution in [1.29, 1.82) is 0 Å². The predicted molar refractivity (Wildman–Crippen MR) is 119 cm³/mol. The molecule has 0 amide bonds. The van der Waals surface area contributed by atoms with Crippen molar-refractivity contribution in [3.63, 3.8) is 0 Å². The van der Waals surface area contributed by atoms with Gasteiger partial charge < -0.3 is 9.47 Å². The predicted octanol–water partition coefficient (Wildman–Crippen LogP) is 6.10. The Morgan fingerprint density at radius 2 is 1.13 bits per heavy atom. The molecule has 0 aliphatic heterocycles. The largest absolute Gasteiger partial charge is 0.423 e. The van der Waals surface area contributed by atoms with Gasteiger partial charge >= 0.3 is 11.9 Å². The number of benzene rings is 4. The Labute approximate surface area is 180 Å². The molecule has 0 bridgehead atoms. The molecule has 0 saturated carbocycles. The molecule has 31 heavy (non-hydrogen) atoms. The second kappa shape index (κ2) is 9.09. The first-order valence-electron chi connectivity index (χ1n) is 9.86. The first-order valence-corrected chi connectivity index (χ1v) is 9.86. The molecule has 4 aromatic rings. The highest BCUT2D eigenvalue weighted by Gasteiger charge is 2.14. The van der Waals surface area contributed by atoms with Crippen LogP contribution in [0.2, 0.25) is 0 Å². The van der Waals surface area contributed by atoms with Gasteiger partial charge in [-0.05, 0) is 55.0 Å². The van der Waals surface area contributed by atoms with Crippen molar-refractivity contribution < 1.29 is 19.1 Å². The quantitative estimate of drug-likeness (QED) is 0.296. The minimum Gasteiger partial charge on any atom is -0.423 e. The summed E-state index contributed by atoms with van der Waals surface area (Å²) in [6.45, 7) is 1.96. The second-order valence-electron chi connectivity index (χ2n) is 7.03. The summed E-state index contributed by atoms with van der Waals surface area (Å²) in [6, 6.07) is 30.5. The Morgan fingerprint density at radius 3 is 1.77 bits per heavy atom. The number of para-hydroxylation sites is 1. The van der Waals surface area contributed by atoms with Gasteiger partial charge in [-0.25, -0.2) is 9.59 Å². The van der Waals surface area contributed by atoms with Gasteiger partial charge in [0.25, 0.3) is 0 Å². The summed E-state index contributed by atoms with van der Waals surface area (Å²) in [7, 11) is 0. The van der Waals surface area contributed by atoms with Gasteiger partial charge in [0.15, 0.2) is 0 Å². The second-order valence-corrected chi connectivity index (χ2v) is 7.03. The fourth-order valence-electron chi connectivity index (χ4n) is 3.09. The van der Waals surface area contributed by atoms with Crippen LogP contribution in [0, 0.1) is 6.92 Å². The Hall–Kier alpha value is -4.18. The van der Waals surface area contributed by atoms with Crippen LogP contribution >= 0.6 is 0 Å². The lowest BCUT2D eigenvalue weighted by Gasteiger charge is -2.10.